The van der Waals surface area contributed by atoms with Crippen molar-refractivity contribution in [2.24, 2.45) is 0 Å². The summed E-state index contributed by atoms with van der Waals surface area (Å²) < 4.78 is 12.9. The molecule has 0 bridgehead atoms. The van der Waals surface area contributed by atoms with Crippen molar-refractivity contribution in [2.45, 2.75) is 20.4 Å². The molecule has 0 fully saturated rings. The zero-order chi connectivity index (χ0) is 18.5. The van der Waals surface area contributed by atoms with E-state index in [4.69, 9.17) is 0 Å². The van der Waals surface area contributed by atoms with Crippen LogP contribution in [-0.4, -0.2) is 10.9 Å². The molecule has 0 aliphatic heterocycles. The first kappa shape index (κ1) is 17.6. The summed E-state index contributed by atoms with van der Waals surface area (Å²) in [4.78, 5) is 16.4. The Morgan fingerprint density at radius 3 is 2.27 bits per heavy atom. The minimum atomic E-state index is -0.298. The van der Waals surface area contributed by atoms with Gasteiger partial charge >= 0.3 is 0 Å². The number of aryl methyl sites for hydroxylation is 2. The SMILES string of the molecule is Cc1cc(C)cc(Nc2ccc(C(=O)NCc3ccc(F)cc3)nc2)c1. The normalized spacial score (nSPS) is 10.4. The molecule has 0 saturated carbocycles. The highest BCUT2D eigenvalue weighted by molar-refractivity contribution is 5.92. The molecule has 1 heterocycles. The van der Waals surface area contributed by atoms with Gasteiger partial charge in [0, 0.05) is 12.2 Å². The highest BCUT2D eigenvalue weighted by atomic mass is 19.1. The molecule has 0 spiro atoms. The van der Waals surface area contributed by atoms with Crippen molar-refractivity contribution < 1.29 is 9.18 Å². The molecule has 3 rings (SSSR count). The van der Waals surface area contributed by atoms with Crippen molar-refractivity contribution in [3.63, 3.8) is 0 Å². The number of amides is 1. The summed E-state index contributed by atoms with van der Waals surface area (Å²) in [6.07, 6.45) is 1.63. The number of nitrogens with zero attached hydrogens (tertiary/aromatic N) is 1. The Morgan fingerprint density at radius 2 is 1.65 bits per heavy atom. The lowest BCUT2D eigenvalue weighted by Crippen LogP contribution is -2.23. The van der Waals surface area contributed by atoms with Crippen LogP contribution in [0.3, 0.4) is 0 Å². The van der Waals surface area contributed by atoms with Gasteiger partial charge in [0.1, 0.15) is 11.5 Å². The summed E-state index contributed by atoms with van der Waals surface area (Å²) in [7, 11) is 0. The Bertz CT molecular complexity index is 885. The van der Waals surface area contributed by atoms with E-state index in [0.29, 0.717) is 12.2 Å². The highest BCUT2D eigenvalue weighted by Gasteiger charge is 2.07. The zero-order valence-electron chi connectivity index (χ0n) is 14.7. The van der Waals surface area contributed by atoms with Crippen LogP contribution in [0.25, 0.3) is 0 Å². The van der Waals surface area contributed by atoms with E-state index in [-0.39, 0.29) is 11.7 Å². The van der Waals surface area contributed by atoms with Crippen LogP contribution in [0.15, 0.2) is 60.8 Å². The fourth-order valence-corrected chi connectivity index (χ4v) is 2.69. The van der Waals surface area contributed by atoms with Gasteiger partial charge in [-0.15, -0.1) is 0 Å². The smallest absolute Gasteiger partial charge is 0.270 e. The number of benzene rings is 2. The van der Waals surface area contributed by atoms with Gasteiger partial charge in [0.2, 0.25) is 0 Å². The standard InChI is InChI=1S/C21H20FN3O/c1-14-9-15(2)11-19(10-14)25-18-7-8-20(23-13-18)21(26)24-12-16-3-5-17(22)6-4-16/h3-11,13,25H,12H2,1-2H3,(H,24,26). The van der Waals surface area contributed by atoms with Gasteiger partial charge in [-0.1, -0.05) is 18.2 Å². The molecule has 3 aromatic rings. The van der Waals surface area contributed by atoms with E-state index < -0.39 is 0 Å². The van der Waals surface area contributed by atoms with Crippen LogP contribution < -0.4 is 10.6 Å². The predicted octanol–water partition coefficient (Wildman–Crippen LogP) is 4.51. The third kappa shape index (κ3) is 4.66. The summed E-state index contributed by atoms with van der Waals surface area (Å²) in [5.41, 5.74) is 5.31. The first-order chi connectivity index (χ1) is 12.5. The monoisotopic (exact) mass is 349 g/mol. The van der Waals surface area contributed by atoms with Gasteiger partial charge in [-0.25, -0.2) is 9.37 Å². The van der Waals surface area contributed by atoms with Crippen molar-refractivity contribution in [3.8, 4) is 0 Å². The highest BCUT2D eigenvalue weighted by Crippen LogP contribution is 2.19. The third-order valence-corrected chi connectivity index (χ3v) is 3.87. The van der Waals surface area contributed by atoms with Crippen LogP contribution in [0.2, 0.25) is 0 Å². The van der Waals surface area contributed by atoms with Crippen LogP contribution in [-0.2, 0) is 6.54 Å². The van der Waals surface area contributed by atoms with Gasteiger partial charge in [-0.05, 0) is 66.9 Å². The molecule has 1 amide bonds. The quantitative estimate of drug-likeness (QED) is 0.712. The van der Waals surface area contributed by atoms with Crippen LogP contribution in [0.1, 0.15) is 27.2 Å². The molecule has 0 aliphatic rings. The van der Waals surface area contributed by atoms with Gasteiger partial charge in [0.05, 0.1) is 11.9 Å². The van der Waals surface area contributed by atoms with E-state index in [0.717, 1.165) is 16.9 Å². The Kier molecular flexibility index (Phi) is 5.27. The van der Waals surface area contributed by atoms with Gasteiger partial charge < -0.3 is 10.6 Å². The van der Waals surface area contributed by atoms with Crippen molar-refractivity contribution in [2.75, 3.05) is 5.32 Å². The second-order valence-corrected chi connectivity index (χ2v) is 6.24. The van der Waals surface area contributed by atoms with Crippen molar-refractivity contribution >= 4 is 17.3 Å². The van der Waals surface area contributed by atoms with E-state index in [1.165, 1.54) is 23.3 Å². The maximum absolute atomic E-state index is 12.9. The molecular formula is C21H20FN3O. The number of halogens is 1. The molecule has 0 aliphatic carbocycles. The number of hydrogen-bond acceptors (Lipinski definition) is 3. The lowest BCUT2D eigenvalue weighted by molar-refractivity contribution is 0.0946. The van der Waals surface area contributed by atoms with Gasteiger partial charge in [-0.3, -0.25) is 4.79 Å². The molecular weight excluding hydrogens is 329 g/mol. The number of carbonyl (C=O) groups excluding carboxylic acids is 1. The number of aromatic nitrogens is 1. The number of nitrogens with one attached hydrogen (secondary N) is 2. The summed E-state index contributed by atoms with van der Waals surface area (Å²) in [5.74, 6) is -0.569. The van der Waals surface area contributed by atoms with Gasteiger partial charge in [0.25, 0.3) is 5.91 Å². The van der Waals surface area contributed by atoms with Crippen molar-refractivity contribution in [1.29, 1.82) is 0 Å². The number of rotatable bonds is 5. The maximum atomic E-state index is 12.9. The first-order valence-corrected chi connectivity index (χ1v) is 8.33. The topological polar surface area (TPSA) is 54.0 Å². The summed E-state index contributed by atoms with van der Waals surface area (Å²) in [6, 6.07) is 15.7. The molecule has 0 unspecified atom stereocenters. The average molecular weight is 349 g/mol. The fraction of sp³-hybridized carbons (Fsp3) is 0.143. The van der Waals surface area contributed by atoms with Crippen LogP contribution >= 0.6 is 0 Å². The Balaban J connectivity index is 1.61. The second-order valence-electron chi connectivity index (χ2n) is 6.24. The lowest BCUT2D eigenvalue weighted by atomic mass is 10.1. The second kappa shape index (κ2) is 7.78. The molecule has 4 nitrogen and oxygen atoms in total. The average Bonchev–Trinajstić information content (AvgIpc) is 2.61. The molecule has 0 saturated heterocycles. The number of anilines is 2. The summed E-state index contributed by atoms with van der Waals surface area (Å²) in [6.45, 7) is 4.42. The van der Waals surface area contributed by atoms with Crippen LogP contribution in [0.5, 0.6) is 0 Å². The minimum absolute atomic E-state index is 0.271. The minimum Gasteiger partial charge on any atom is -0.354 e. The van der Waals surface area contributed by atoms with Crippen molar-refractivity contribution in [1.82, 2.24) is 10.3 Å². The number of hydrogen-bond donors (Lipinski definition) is 2. The van der Waals surface area contributed by atoms with Crippen LogP contribution in [0.4, 0.5) is 15.8 Å². The lowest BCUT2D eigenvalue weighted by Gasteiger charge is -2.09. The van der Waals surface area contributed by atoms with E-state index in [1.807, 2.05) is 19.9 Å². The Labute approximate surface area is 152 Å². The molecule has 132 valence electrons. The number of carbonyl (C=O) groups is 1. The van der Waals surface area contributed by atoms with Gasteiger partial charge in [-0.2, -0.15) is 0 Å². The molecule has 2 N–H and O–H groups in total. The largest absolute Gasteiger partial charge is 0.354 e. The molecule has 26 heavy (non-hydrogen) atoms. The van der Waals surface area contributed by atoms with E-state index >= 15 is 0 Å². The molecule has 1 aromatic heterocycles. The predicted molar refractivity (Wildman–Crippen MR) is 101 cm³/mol. The fourth-order valence-electron chi connectivity index (χ4n) is 2.69. The Hall–Kier alpha value is -3.21. The zero-order valence-corrected chi connectivity index (χ0v) is 14.7. The summed E-state index contributed by atoms with van der Waals surface area (Å²) >= 11 is 0. The molecule has 0 atom stereocenters. The summed E-state index contributed by atoms with van der Waals surface area (Å²) in [5, 5.41) is 6.06. The third-order valence-electron chi connectivity index (χ3n) is 3.87. The Morgan fingerprint density at radius 1 is 0.962 bits per heavy atom. The molecule has 0 radical (unpaired) electrons. The molecule has 5 heteroatoms. The molecule has 2 aromatic carbocycles. The first-order valence-electron chi connectivity index (χ1n) is 8.33. The maximum Gasteiger partial charge on any atom is 0.270 e. The van der Waals surface area contributed by atoms with Crippen LogP contribution in [0, 0.1) is 19.7 Å². The van der Waals surface area contributed by atoms with E-state index in [1.54, 1.807) is 24.4 Å². The van der Waals surface area contributed by atoms with E-state index in [2.05, 4.69) is 33.8 Å². The van der Waals surface area contributed by atoms with E-state index in [9.17, 15) is 9.18 Å². The van der Waals surface area contributed by atoms with Gasteiger partial charge in [0.15, 0.2) is 0 Å². The van der Waals surface area contributed by atoms with Crippen molar-refractivity contribution in [3.05, 3.63) is 89.0 Å². The number of pyridine rings is 1.